The molecule has 0 spiro atoms. The maximum Gasteiger partial charge on any atom is 0.142 e. The first-order valence-electron chi connectivity index (χ1n) is 7.13. The van der Waals surface area contributed by atoms with Crippen LogP contribution in [0.3, 0.4) is 0 Å². The van der Waals surface area contributed by atoms with Gasteiger partial charge in [0.25, 0.3) is 0 Å². The molecule has 0 unspecified atom stereocenters. The number of H-pyrrole nitrogens is 1. The Morgan fingerprint density at radius 1 is 1.26 bits per heavy atom. The van der Waals surface area contributed by atoms with E-state index in [0.717, 1.165) is 35.9 Å². The third-order valence-corrected chi connectivity index (χ3v) is 4.93. The van der Waals surface area contributed by atoms with Crippen molar-refractivity contribution in [1.29, 1.82) is 0 Å². The second-order valence-corrected chi connectivity index (χ2v) is 6.23. The number of hydrogen-bond acceptors (Lipinski definition) is 3. The van der Waals surface area contributed by atoms with Crippen molar-refractivity contribution in [3.05, 3.63) is 18.6 Å². The van der Waals surface area contributed by atoms with Gasteiger partial charge in [-0.15, -0.1) is 0 Å². The van der Waals surface area contributed by atoms with E-state index in [1.54, 1.807) is 6.33 Å². The Morgan fingerprint density at radius 3 is 2.68 bits per heavy atom. The smallest absolute Gasteiger partial charge is 0.142 e. The molecule has 0 saturated carbocycles. The lowest BCUT2D eigenvalue weighted by Gasteiger charge is -2.42. The van der Waals surface area contributed by atoms with Crippen LogP contribution < -0.4 is 4.90 Å². The normalized spacial score (nSPS) is 19.3. The van der Waals surface area contributed by atoms with E-state index in [9.17, 15) is 0 Å². The number of rotatable bonds is 2. The molecule has 0 aromatic carbocycles. The van der Waals surface area contributed by atoms with Crippen molar-refractivity contribution in [2.45, 2.75) is 33.6 Å². The monoisotopic (exact) mass is 258 g/mol. The molecular weight excluding hydrogens is 236 g/mol. The fourth-order valence-corrected chi connectivity index (χ4v) is 2.92. The first-order chi connectivity index (χ1) is 9.10. The van der Waals surface area contributed by atoms with Gasteiger partial charge in [0.2, 0.25) is 0 Å². The van der Waals surface area contributed by atoms with Crippen molar-refractivity contribution in [1.82, 2.24) is 15.0 Å². The van der Waals surface area contributed by atoms with Crippen molar-refractivity contribution < 1.29 is 0 Å². The van der Waals surface area contributed by atoms with E-state index in [2.05, 4.69) is 46.7 Å². The largest absolute Gasteiger partial charge is 0.356 e. The van der Waals surface area contributed by atoms with E-state index in [-0.39, 0.29) is 0 Å². The van der Waals surface area contributed by atoms with Crippen molar-refractivity contribution >= 4 is 16.9 Å². The average Bonchev–Trinajstić information content (AvgIpc) is 2.87. The third kappa shape index (κ3) is 2.09. The van der Waals surface area contributed by atoms with Crippen LogP contribution in [0.25, 0.3) is 11.0 Å². The van der Waals surface area contributed by atoms with Crippen LogP contribution in [0.1, 0.15) is 33.6 Å². The van der Waals surface area contributed by atoms with Crippen molar-refractivity contribution in [3.63, 3.8) is 0 Å². The lowest BCUT2D eigenvalue weighted by atomic mass is 9.72. The molecule has 1 fully saturated rings. The fraction of sp³-hybridized carbons (Fsp3) is 0.600. The summed E-state index contributed by atoms with van der Waals surface area (Å²) >= 11 is 0. The topological polar surface area (TPSA) is 44.8 Å². The maximum absolute atomic E-state index is 4.49. The number of hydrogen-bond donors (Lipinski definition) is 1. The van der Waals surface area contributed by atoms with Gasteiger partial charge in [0, 0.05) is 19.3 Å². The Hall–Kier alpha value is -1.58. The van der Waals surface area contributed by atoms with Gasteiger partial charge in [-0.25, -0.2) is 9.97 Å². The van der Waals surface area contributed by atoms with Gasteiger partial charge in [0.1, 0.15) is 17.8 Å². The maximum atomic E-state index is 4.49. The highest BCUT2D eigenvalue weighted by Gasteiger charge is 2.33. The van der Waals surface area contributed by atoms with Gasteiger partial charge in [-0.2, -0.15) is 0 Å². The van der Waals surface area contributed by atoms with Gasteiger partial charge in [0.05, 0.1) is 5.39 Å². The van der Waals surface area contributed by atoms with E-state index in [0.29, 0.717) is 5.41 Å². The third-order valence-electron chi connectivity index (χ3n) is 4.93. The van der Waals surface area contributed by atoms with Crippen LogP contribution in [0.2, 0.25) is 0 Å². The lowest BCUT2D eigenvalue weighted by Crippen LogP contribution is -2.41. The predicted octanol–water partition coefficient (Wildman–Crippen LogP) is 3.22. The zero-order valence-electron chi connectivity index (χ0n) is 12.0. The van der Waals surface area contributed by atoms with Crippen LogP contribution >= 0.6 is 0 Å². The molecule has 0 atom stereocenters. The molecule has 0 radical (unpaired) electrons. The number of nitrogens with one attached hydrogen (secondary N) is 1. The van der Waals surface area contributed by atoms with Crippen LogP contribution in [0.4, 0.5) is 5.82 Å². The summed E-state index contributed by atoms with van der Waals surface area (Å²) in [4.78, 5) is 14.3. The standard InChI is InChI=1S/C15H22N4/c1-11(2)15(3)5-8-19(9-6-15)14-12-4-7-16-13(12)17-10-18-14/h4,7,10-11H,5-6,8-9H2,1-3H3,(H,16,17,18). The molecule has 2 aromatic heterocycles. The van der Waals surface area contributed by atoms with E-state index >= 15 is 0 Å². The van der Waals surface area contributed by atoms with Gasteiger partial charge in [0.15, 0.2) is 0 Å². The van der Waals surface area contributed by atoms with Crippen LogP contribution in [-0.4, -0.2) is 28.0 Å². The van der Waals surface area contributed by atoms with E-state index in [1.165, 1.54) is 12.8 Å². The van der Waals surface area contributed by atoms with Crippen molar-refractivity contribution in [3.8, 4) is 0 Å². The summed E-state index contributed by atoms with van der Waals surface area (Å²) in [7, 11) is 0. The van der Waals surface area contributed by atoms with Gasteiger partial charge in [-0.1, -0.05) is 20.8 Å². The summed E-state index contributed by atoms with van der Waals surface area (Å²) in [5.74, 6) is 1.82. The van der Waals surface area contributed by atoms with Crippen molar-refractivity contribution in [2.75, 3.05) is 18.0 Å². The molecule has 102 valence electrons. The number of aromatic nitrogens is 3. The molecule has 4 nitrogen and oxygen atoms in total. The minimum Gasteiger partial charge on any atom is -0.356 e. The Balaban J connectivity index is 1.84. The van der Waals surface area contributed by atoms with Crippen molar-refractivity contribution in [2.24, 2.45) is 11.3 Å². The summed E-state index contributed by atoms with van der Waals surface area (Å²) in [6, 6.07) is 2.07. The molecule has 0 amide bonds. The molecule has 1 N–H and O–H groups in total. The molecule has 4 heteroatoms. The minimum atomic E-state index is 0.473. The summed E-state index contributed by atoms with van der Waals surface area (Å²) in [5.41, 5.74) is 1.41. The Labute approximate surface area is 114 Å². The first kappa shape index (κ1) is 12.5. The van der Waals surface area contributed by atoms with E-state index in [1.807, 2.05) is 6.20 Å². The van der Waals surface area contributed by atoms with E-state index < -0.39 is 0 Å². The molecule has 0 aliphatic carbocycles. The van der Waals surface area contributed by atoms with Crippen LogP contribution in [0, 0.1) is 11.3 Å². The summed E-state index contributed by atoms with van der Waals surface area (Å²) < 4.78 is 0. The predicted molar refractivity (Wildman–Crippen MR) is 78.3 cm³/mol. The Morgan fingerprint density at radius 2 is 2.00 bits per heavy atom. The minimum absolute atomic E-state index is 0.473. The highest BCUT2D eigenvalue weighted by Crippen LogP contribution is 2.39. The number of piperidine rings is 1. The number of fused-ring (bicyclic) bond motifs is 1. The zero-order chi connectivity index (χ0) is 13.5. The van der Waals surface area contributed by atoms with Crippen LogP contribution in [0.15, 0.2) is 18.6 Å². The summed E-state index contributed by atoms with van der Waals surface area (Å²) in [5, 5.41) is 1.13. The second kappa shape index (κ2) is 4.51. The zero-order valence-corrected chi connectivity index (χ0v) is 12.0. The summed E-state index contributed by atoms with van der Waals surface area (Å²) in [6.07, 6.45) is 6.07. The van der Waals surface area contributed by atoms with E-state index in [4.69, 9.17) is 0 Å². The van der Waals surface area contributed by atoms with Crippen LogP contribution in [-0.2, 0) is 0 Å². The lowest BCUT2D eigenvalue weighted by molar-refractivity contribution is 0.166. The van der Waals surface area contributed by atoms with Gasteiger partial charge < -0.3 is 9.88 Å². The SMILES string of the molecule is CC(C)C1(C)CCN(c2ncnc3[nH]ccc23)CC1. The Kier molecular flexibility index (Phi) is 2.96. The van der Waals surface area contributed by atoms with Gasteiger partial charge in [-0.05, 0) is 30.2 Å². The van der Waals surface area contributed by atoms with Gasteiger partial charge >= 0.3 is 0 Å². The van der Waals surface area contributed by atoms with Crippen LogP contribution in [0.5, 0.6) is 0 Å². The molecule has 0 bridgehead atoms. The van der Waals surface area contributed by atoms with Gasteiger partial charge in [-0.3, -0.25) is 0 Å². The first-order valence-corrected chi connectivity index (χ1v) is 7.13. The fourth-order valence-electron chi connectivity index (χ4n) is 2.92. The number of nitrogens with zero attached hydrogens (tertiary/aromatic N) is 3. The quantitative estimate of drug-likeness (QED) is 0.899. The number of anilines is 1. The molecule has 19 heavy (non-hydrogen) atoms. The molecular formula is C15H22N4. The second-order valence-electron chi connectivity index (χ2n) is 6.23. The molecule has 3 rings (SSSR count). The molecule has 3 heterocycles. The molecule has 1 saturated heterocycles. The average molecular weight is 258 g/mol. The molecule has 1 aliphatic heterocycles. The summed E-state index contributed by atoms with van der Waals surface area (Å²) in [6.45, 7) is 9.27. The molecule has 1 aliphatic rings. The number of aromatic amines is 1. The highest BCUT2D eigenvalue weighted by molar-refractivity contribution is 5.87. The Bertz CT molecular complexity index is 564. The molecule has 2 aromatic rings. The highest BCUT2D eigenvalue weighted by atomic mass is 15.2.